The monoisotopic (exact) mass is 356 g/mol. The molecule has 2 aromatic rings. The van der Waals surface area contributed by atoms with Gasteiger partial charge in [-0.05, 0) is 50.5 Å². The molecule has 0 bridgehead atoms. The highest BCUT2D eigenvalue weighted by atomic mass is 32.2. The smallest absolute Gasteiger partial charge is 0.191 e. The first kappa shape index (κ1) is 18.1. The molecule has 1 heterocycles. The fraction of sp³-hybridized carbons (Fsp3) is 0.500. The fourth-order valence-corrected chi connectivity index (χ4v) is 4.25. The van der Waals surface area contributed by atoms with Gasteiger partial charge in [-0.15, -0.1) is 0 Å². The second kappa shape index (κ2) is 9.09. The van der Waals surface area contributed by atoms with Gasteiger partial charge >= 0.3 is 0 Å². The van der Waals surface area contributed by atoms with Crippen LogP contribution >= 0.6 is 11.8 Å². The summed E-state index contributed by atoms with van der Waals surface area (Å²) < 4.78 is 0. The predicted molar refractivity (Wildman–Crippen MR) is 110 cm³/mol. The van der Waals surface area contributed by atoms with E-state index in [0.717, 1.165) is 36.2 Å². The molecule has 25 heavy (non-hydrogen) atoms. The predicted octanol–water partition coefficient (Wildman–Crippen LogP) is 3.62. The van der Waals surface area contributed by atoms with E-state index in [4.69, 9.17) is 4.99 Å². The second-order valence-electron chi connectivity index (χ2n) is 6.51. The number of nitrogens with zero attached hydrogens (tertiary/aromatic N) is 2. The van der Waals surface area contributed by atoms with Gasteiger partial charge < -0.3 is 10.6 Å². The van der Waals surface area contributed by atoms with E-state index >= 15 is 0 Å². The molecule has 2 atom stereocenters. The van der Waals surface area contributed by atoms with Gasteiger partial charge in [0, 0.05) is 36.0 Å². The van der Waals surface area contributed by atoms with Gasteiger partial charge in [0.25, 0.3) is 0 Å². The Morgan fingerprint density at radius 3 is 2.96 bits per heavy atom. The Morgan fingerprint density at radius 1 is 1.28 bits per heavy atom. The Hall–Kier alpha value is -1.75. The Balaban J connectivity index is 1.61. The molecule has 134 valence electrons. The van der Waals surface area contributed by atoms with E-state index in [0.29, 0.717) is 6.04 Å². The number of para-hydroxylation sites is 1. The number of nitrogens with one attached hydrogen (secondary N) is 2. The highest BCUT2D eigenvalue weighted by Crippen LogP contribution is 2.28. The van der Waals surface area contributed by atoms with Crippen molar-refractivity contribution in [1.29, 1.82) is 0 Å². The summed E-state index contributed by atoms with van der Waals surface area (Å²) in [6, 6.07) is 11.0. The van der Waals surface area contributed by atoms with E-state index < -0.39 is 0 Å². The van der Waals surface area contributed by atoms with E-state index in [-0.39, 0.29) is 0 Å². The highest BCUT2D eigenvalue weighted by molar-refractivity contribution is 7.99. The van der Waals surface area contributed by atoms with Crippen molar-refractivity contribution < 1.29 is 0 Å². The number of aromatic nitrogens is 1. The summed E-state index contributed by atoms with van der Waals surface area (Å²) in [5.41, 5.74) is 2.36. The molecule has 3 rings (SSSR count). The van der Waals surface area contributed by atoms with Crippen LogP contribution in [0.2, 0.25) is 0 Å². The Labute approximate surface area is 154 Å². The molecule has 0 spiro atoms. The molecule has 4 nitrogen and oxygen atoms in total. The number of fused-ring (bicyclic) bond motifs is 1. The number of pyridine rings is 1. The molecular weight excluding hydrogens is 328 g/mol. The first-order valence-corrected chi connectivity index (χ1v) is 10.5. The molecular formula is C20H28N4S. The largest absolute Gasteiger partial charge is 0.357 e. The maximum Gasteiger partial charge on any atom is 0.191 e. The maximum absolute atomic E-state index is 4.79. The van der Waals surface area contributed by atoms with Crippen LogP contribution in [0.5, 0.6) is 0 Å². The first-order valence-electron chi connectivity index (χ1n) is 9.20. The molecule has 2 unspecified atom stereocenters. The number of hydrogen-bond acceptors (Lipinski definition) is 3. The lowest BCUT2D eigenvalue weighted by molar-refractivity contribution is 0.615. The third-order valence-electron chi connectivity index (χ3n) is 4.77. The first-order chi connectivity index (χ1) is 12.3. The third kappa shape index (κ3) is 4.88. The third-order valence-corrected chi connectivity index (χ3v) is 5.87. The molecule has 0 radical (unpaired) electrons. The molecule has 0 amide bonds. The molecule has 1 fully saturated rings. The molecule has 0 saturated heterocycles. The van der Waals surface area contributed by atoms with E-state index in [1.54, 1.807) is 0 Å². The standard InChI is InChI=1S/C20H28N4S/c1-3-21-20(24-17-9-10-18(14-17)25-2)23-13-11-16-7-4-6-15-8-5-12-22-19(15)16/h4-8,12,17-18H,3,9-11,13-14H2,1-2H3,(H2,21,23,24). The number of benzene rings is 1. The lowest BCUT2D eigenvalue weighted by atomic mass is 10.1. The van der Waals surface area contributed by atoms with E-state index in [1.165, 1.54) is 30.2 Å². The van der Waals surface area contributed by atoms with Crippen LogP contribution in [-0.4, -0.2) is 41.6 Å². The van der Waals surface area contributed by atoms with Crippen LogP contribution in [0.25, 0.3) is 10.9 Å². The average molecular weight is 357 g/mol. The van der Waals surface area contributed by atoms with Gasteiger partial charge in [-0.1, -0.05) is 24.3 Å². The Kier molecular flexibility index (Phi) is 6.56. The molecule has 1 aromatic carbocycles. The SMILES string of the molecule is CCNC(=NCCc1cccc2cccnc12)NC1CCC(SC)C1. The minimum atomic E-state index is 0.550. The number of thioether (sulfide) groups is 1. The summed E-state index contributed by atoms with van der Waals surface area (Å²) in [7, 11) is 0. The average Bonchev–Trinajstić information content (AvgIpc) is 3.10. The maximum atomic E-state index is 4.79. The van der Waals surface area contributed by atoms with Crippen LogP contribution in [0.3, 0.4) is 0 Å². The summed E-state index contributed by atoms with van der Waals surface area (Å²) in [5, 5.41) is 8.99. The number of hydrogen-bond donors (Lipinski definition) is 2. The quantitative estimate of drug-likeness (QED) is 0.613. The molecule has 1 aliphatic carbocycles. The van der Waals surface area contributed by atoms with Crippen LogP contribution < -0.4 is 10.6 Å². The molecule has 1 saturated carbocycles. The van der Waals surface area contributed by atoms with Crippen molar-refractivity contribution >= 4 is 28.6 Å². The van der Waals surface area contributed by atoms with Crippen molar-refractivity contribution in [1.82, 2.24) is 15.6 Å². The van der Waals surface area contributed by atoms with Crippen molar-refractivity contribution in [3.63, 3.8) is 0 Å². The van der Waals surface area contributed by atoms with Crippen molar-refractivity contribution in [2.45, 2.75) is 43.9 Å². The van der Waals surface area contributed by atoms with Crippen LogP contribution in [0, 0.1) is 0 Å². The molecule has 1 aromatic heterocycles. The molecule has 1 aliphatic rings. The molecule has 0 aliphatic heterocycles. The minimum Gasteiger partial charge on any atom is -0.357 e. The lowest BCUT2D eigenvalue weighted by Crippen LogP contribution is -2.42. The highest BCUT2D eigenvalue weighted by Gasteiger charge is 2.24. The topological polar surface area (TPSA) is 49.3 Å². The van der Waals surface area contributed by atoms with E-state index in [9.17, 15) is 0 Å². The van der Waals surface area contributed by atoms with Crippen molar-refractivity contribution in [3.8, 4) is 0 Å². The summed E-state index contributed by atoms with van der Waals surface area (Å²) in [6.07, 6.45) is 8.76. The second-order valence-corrected chi connectivity index (χ2v) is 7.65. The molecule has 5 heteroatoms. The van der Waals surface area contributed by atoms with Gasteiger partial charge in [0.15, 0.2) is 5.96 Å². The fourth-order valence-electron chi connectivity index (χ4n) is 3.46. The van der Waals surface area contributed by atoms with Crippen LogP contribution in [0.15, 0.2) is 41.5 Å². The van der Waals surface area contributed by atoms with Gasteiger partial charge in [0.2, 0.25) is 0 Å². The van der Waals surface area contributed by atoms with Gasteiger partial charge in [-0.2, -0.15) is 11.8 Å². The Morgan fingerprint density at radius 2 is 2.16 bits per heavy atom. The number of aliphatic imine (C=N–C) groups is 1. The Bertz CT molecular complexity index is 710. The summed E-state index contributed by atoms with van der Waals surface area (Å²) in [5.74, 6) is 0.947. The molecule has 2 N–H and O–H groups in total. The summed E-state index contributed by atoms with van der Waals surface area (Å²) >= 11 is 1.99. The van der Waals surface area contributed by atoms with Crippen molar-refractivity contribution in [2.75, 3.05) is 19.3 Å². The lowest BCUT2D eigenvalue weighted by Gasteiger charge is -2.17. The van der Waals surface area contributed by atoms with Crippen LogP contribution in [0.1, 0.15) is 31.7 Å². The zero-order chi connectivity index (χ0) is 17.5. The van der Waals surface area contributed by atoms with Crippen molar-refractivity contribution in [2.24, 2.45) is 4.99 Å². The minimum absolute atomic E-state index is 0.550. The van der Waals surface area contributed by atoms with Crippen molar-refractivity contribution in [3.05, 3.63) is 42.1 Å². The normalized spacial score (nSPS) is 20.8. The summed E-state index contributed by atoms with van der Waals surface area (Å²) in [4.78, 5) is 9.32. The van der Waals surface area contributed by atoms with Crippen LogP contribution in [-0.2, 0) is 6.42 Å². The number of rotatable bonds is 6. The van der Waals surface area contributed by atoms with Gasteiger partial charge in [-0.25, -0.2) is 0 Å². The van der Waals surface area contributed by atoms with Gasteiger partial charge in [0.1, 0.15) is 0 Å². The zero-order valence-electron chi connectivity index (χ0n) is 15.2. The number of guanidine groups is 1. The van der Waals surface area contributed by atoms with E-state index in [2.05, 4.69) is 53.1 Å². The van der Waals surface area contributed by atoms with E-state index in [1.807, 2.05) is 24.0 Å². The van der Waals surface area contributed by atoms with Gasteiger partial charge in [-0.3, -0.25) is 9.98 Å². The zero-order valence-corrected chi connectivity index (χ0v) is 16.0. The van der Waals surface area contributed by atoms with Gasteiger partial charge in [0.05, 0.1) is 5.52 Å². The summed E-state index contributed by atoms with van der Waals surface area (Å²) in [6.45, 7) is 3.77. The van der Waals surface area contributed by atoms with Crippen LogP contribution in [0.4, 0.5) is 0 Å².